The van der Waals surface area contributed by atoms with Crippen LogP contribution in [-0.4, -0.2) is 29.9 Å². The molecule has 1 aliphatic carbocycles. The molecule has 0 aromatic carbocycles. The molecule has 100 valence electrons. The lowest BCUT2D eigenvalue weighted by atomic mass is 10.1. The van der Waals surface area contributed by atoms with Gasteiger partial charge in [-0.25, -0.2) is 10.8 Å². The van der Waals surface area contributed by atoms with Gasteiger partial charge in [-0.3, -0.25) is 20.3 Å². The fourth-order valence-electron chi connectivity index (χ4n) is 2.34. The van der Waals surface area contributed by atoms with Gasteiger partial charge in [-0.2, -0.15) is 0 Å². The first-order valence-electron chi connectivity index (χ1n) is 6.33. The topological polar surface area (TPSA) is 109 Å². The summed E-state index contributed by atoms with van der Waals surface area (Å²) in [5.41, 5.74) is 2.48. The summed E-state index contributed by atoms with van der Waals surface area (Å²) < 4.78 is 0. The number of aliphatic imine (C=N–C) groups is 1. The number of carbonyl (C=O) groups excluding carboxylic acids is 2. The molecular formula is C11H19N5O2. The van der Waals surface area contributed by atoms with Crippen LogP contribution in [0.1, 0.15) is 38.5 Å². The molecule has 1 heterocycles. The first kappa shape index (κ1) is 12.8. The van der Waals surface area contributed by atoms with Crippen LogP contribution in [0.2, 0.25) is 0 Å². The van der Waals surface area contributed by atoms with Crippen molar-refractivity contribution < 1.29 is 9.59 Å². The van der Waals surface area contributed by atoms with Crippen LogP contribution in [0.25, 0.3) is 0 Å². The molecule has 0 bridgehead atoms. The van der Waals surface area contributed by atoms with Crippen molar-refractivity contribution in [1.29, 1.82) is 0 Å². The summed E-state index contributed by atoms with van der Waals surface area (Å²) in [4.78, 5) is 26.8. The molecule has 2 fully saturated rings. The lowest BCUT2D eigenvalue weighted by Crippen LogP contribution is -2.49. The lowest BCUT2D eigenvalue weighted by Gasteiger charge is -2.20. The predicted molar refractivity (Wildman–Crippen MR) is 66.3 cm³/mol. The number of hydrogen-bond donors (Lipinski definition) is 4. The van der Waals surface area contributed by atoms with Crippen molar-refractivity contribution in [2.24, 2.45) is 10.8 Å². The monoisotopic (exact) mass is 253 g/mol. The van der Waals surface area contributed by atoms with Gasteiger partial charge in [-0.1, -0.05) is 12.8 Å². The smallest absolute Gasteiger partial charge is 0.251 e. The standard InChI is InChI=1S/C11H19N5O2/c12-16-11(13-7-3-1-2-4-7)14-8-5-6-9(17)15-10(8)18/h7-8H,1-6,12H2,(H2,13,14,16)(H,15,17,18). The second-order valence-corrected chi connectivity index (χ2v) is 4.71. The summed E-state index contributed by atoms with van der Waals surface area (Å²) in [5.74, 6) is 5.23. The van der Waals surface area contributed by atoms with Crippen molar-refractivity contribution in [2.45, 2.75) is 50.6 Å². The number of amides is 2. The number of hydrogen-bond acceptors (Lipinski definition) is 4. The molecule has 1 atom stereocenters. The fourth-order valence-corrected chi connectivity index (χ4v) is 2.34. The molecule has 5 N–H and O–H groups in total. The van der Waals surface area contributed by atoms with Crippen molar-refractivity contribution in [3.05, 3.63) is 0 Å². The van der Waals surface area contributed by atoms with E-state index < -0.39 is 6.04 Å². The Balaban J connectivity index is 1.95. The summed E-state index contributed by atoms with van der Waals surface area (Å²) in [6.45, 7) is 0. The van der Waals surface area contributed by atoms with Crippen molar-refractivity contribution in [3.8, 4) is 0 Å². The van der Waals surface area contributed by atoms with E-state index >= 15 is 0 Å². The van der Waals surface area contributed by atoms with Crippen LogP contribution in [0, 0.1) is 0 Å². The maximum absolute atomic E-state index is 11.6. The van der Waals surface area contributed by atoms with Crippen LogP contribution >= 0.6 is 0 Å². The van der Waals surface area contributed by atoms with E-state index in [4.69, 9.17) is 5.84 Å². The Morgan fingerprint density at radius 3 is 2.61 bits per heavy atom. The van der Waals surface area contributed by atoms with Gasteiger partial charge >= 0.3 is 0 Å². The molecular weight excluding hydrogens is 234 g/mol. The molecule has 18 heavy (non-hydrogen) atoms. The van der Waals surface area contributed by atoms with E-state index in [1.807, 2.05) is 0 Å². The Kier molecular flexibility index (Phi) is 4.14. The van der Waals surface area contributed by atoms with Gasteiger partial charge < -0.3 is 5.32 Å². The number of rotatable bonds is 2. The zero-order valence-electron chi connectivity index (χ0n) is 10.2. The van der Waals surface area contributed by atoms with Crippen LogP contribution in [-0.2, 0) is 9.59 Å². The number of guanidine groups is 1. The maximum Gasteiger partial charge on any atom is 0.251 e. The fraction of sp³-hybridized carbons (Fsp3) is 0.727. The first-order valence-corrected chi connectivity index (χ1v) is 6.33. The number of nitrogens with zero attached hydrogens (tertiary/aromatic N) is 1. The molecule has 0 aromatic rings. The minimum absolute atomic E-state index is 0.238. The van der Waals surface area contributed by atoms with Gasteiger partial charge in [0.1, 0.15) is 6.04 Å². The number of nitrogens with one attached hydrogen (secondary N) is 3. The third-order valence-electron chi connectivity index (χ3n) is 3.33. The minimum atomic E-state index is -0.539. The Morgan fingerprint density at radius 2 is 2.00 bits per heavy atom. The van der Waals surface area contributed by atoms with Crippen molar-refractivity contribution in [1.82, 2.24) is 16.1 Å². The zero-order valence-corrected chi connectivity index (χ0v) is 10.2. The Bertz CT molecular complexity index is 362. The maximum atomic E-state index is 11.6. The van der Waals surface area contributed by atoms with E-state index in [9.17, 15) is 9.59 Å². The van der Waals surface area contributed by atoms with Crippen molar-refractivity contribution in [3.63, 3.8) is 0 Å². The van der Waals surface area contributed by atoms with Gasteiger partial charge in [0.25, 0.3) is 5.91 Å². The molecule has 2 amide bonds. The van der Waals surface area contributed by atoms with Gasteiger partial charge in [0.2, 0.25) is 11.9 Å². The highest BCUT2D eigenvalue weighted by Crippen LogP contribution is 2.17. The SMILES string of the molecule is NNC(=NC1CCC(=O)NC1=O)NC1CCCC1. The predicted octanol–water partition coefficient (Wildman–Crippen LogP) is -0.857. The van der Waals surface area contributed by atoms with Crippen LogP contribution in [0.4, 0.5) is 0 Å². The van der Waals surface area contributed by atoms with Crippen LogP contribution in [0.5, 0.6) is 0 Å². The molecule has 0 spiro atoms. The van der Waals surface area contributed by atoms with Gasteiger partial charge in [-0.05, 0) is 19.3 Å². The minimum Gasteiger partial charge on any atom is -0.353 e. The summed E-state index contributed by atoms with van der Waals surface area (Å²) in [5, 5.41) is 5.46. The van der Waals surface area contributed by atoms with E-state index in [1.165, 1.54) is 12.8 Å². The average Bonchev–Trinajstić information content (AvgIpc) is 2.84. The van der Waals surface area contributed by atoms with Gasteiger partial charge in [0.15, 0.2) is 0 Å². The molecule has 1 unspecified atom stereocenters. The number of nitrogens with two attached hydrogens (primary N) is 1. The summed E-state index contributed by atoms with van der Waals surface area (Å²) in [6.07, 6.45) is 5.34. The molecule has 7 heteroatoms. The quantitative estimate of drug-likeness (QED) is 0.168. The van der Waals surface area contributed by atoms with Gasteiger partial charge in [0.05, 0.1) is 0 Å². The first-order chi connectivity index (χ1) is 8.69. The van der Waals surface area contributed by atoms with E-state index in [-0.39, 0.29) is 11.8 Å². The van der Waals surface area contributed by atoms with E-state index in [0.29, 0.717) is 24.8 Å². The lowest BCUT2D eigenvalue weighted by molar-refractivity contribution is -0.133. The number of piperidine rings is 1. The molecule has 1 aliphatic heterocycles. The molecule has 1 saturated carbocycles. The second kappa shape index (κ2) is 5.81. The summed E-state index contributed by atoms with van der Waals surface area (Å²) in [6, 6.07) is -0.171. The van der Waals surface area contributed by atoms with Crippen LogP contribution in [0.3, 0.4) is 0 Å². The third kappa shape index (κ3) is 3.19. The summed E-state index contributed by atoms with van der Waals surface area (Å²) in [7, 11) is 0. The Labute approximate surface area is 106 Å². The molecule has 1 saturated heterocycles. The molecule has 2 rings (SSSR count). The average molecular weight is 253 g/mol. The summed E-state index contributed by atoms with van der Waals surface area (Å²) >= 11 is 0. The highest BCUT2D eigenvalue weighted by molar-refractivity contribution is 6.01. The number of hydrazine groups is 1. The third-order valence-corrected chi connectivity index (χ3v) is 3.33. The van der Waals surface area contributed by atoms with Crippen LogP contribution < -0.4 is 21.9 Å². The van der Waals surface area contributed by atoms with Crippen LogP contribution in [0.15, 0.2) is 4.99 Å². The highest BCUT2D eigenvalue weighted by Gasteiger charge is 2.27. The Hall–Kier alpha value is -1.63. The highest BCUT2D eigenvalue weighted by atomic mass is 16.2. The number of imide groups is 1. The van der Waals surface area contributed by atoms with Gasteiger partial charge in [-0.15, -0.1) is 0 Å². The molecule has 0 aromatic heterocycles. The molecule has 7 nitrogen and oxygen atoms in total. The van der Waals surface area contributed by atoms with Crippen molar-refractivity contribution in [2.75, 3.05) is 0 Å². The zero-order chi connectivity index (χ0) is 13.0. The molecule has 0 radical (unpaired) electrons. The van der Waals surface area contributed by atoms with E-state index in [0.717, 1.165) is 12.8 Å². The largest absolute Gasteiger partial charge is 0.353 e. The van der Waals surface area contributed by atoms with E-state index in [1.54, 1.807) is 0 Å². The normalized spacial score (nSPS) is 26.1. The van der Waals surface area contributed by atoms with Crippen molar-refractivity contribution >= 4 is 17.8 Å². The van der Waals surface area contributed by atoms with Gasteiger partial charge in [0, 0.05) is 12.5 Å². The van der Waals surface area contributed by atoms with E-state index in [2.05, 4.69) is 21.1 Å². The number of carbonyl (C=O) groups is 2. The second-order valence-electron chi connectivity index (χ2n) is 4.71. The Morgan fingerprint density at radius 1 is 1.28 bits per heavy atom. The molecule has 2 aliphatic rings.